The number of unbranched alkanes of at least 4 members (excludes halogenated alkanes) is 2. The van der Waals surface area contributed by atoms with Gasteiger partial charge in [0.15, 0.2) is 5.96 Å². The van der Waals surface area contributed by atoms with Crippen molar-refractivity contribution in [2.24, 2.45) is 29.0 Å². The number of aromatic hydroxyl groups is 1. The van der Waals surface area contributed by atoms with E-state index in [1.54, 1.807) is 81.7 Å². The summed E-state index contributed by atoms with van der Waals surface area (Å²) in [4.78, 5) is 269. The minimum atomic E-state index is -1.90. The molecular formula is C92H130N24O20S. The first-order valence-corrected chi connectivity index (χ1v) is 47.1. The Kier molecular flexibility index (Phi) is 39.2. The van der Waals surface area contributed by atoms with Gasteiger partial charge in [-0.3, -0.25) is 86.9 Å². The minimum Gasteiger partial charge on any atom is -0.508 e. The number of carbonyl (C=O) groups excluding carboxylic acids is 17. The summed E-state index contributed by atoms with van der Waals surface area (Å²) in [6.07, 6.45) is 3.59. The second kappa shape index (κ2) is 50.2. The fourth-order valence-electron chi connectivity index (χ4n) is 16.9. The van der Waals surface area contributed by atoms with Crippen molar-refractivity contribution in [3.63, 3.8) is 0 Å². The summed E-state index contributed by atoms with van der Waals surface area (Å²) in [5, 5.41) is 73.9. The molecule has 1 spiro atoms. The van der Waals surface area contributed by atoms with Gasteiger partial charge < -0.3 is 131 Å². The SMILES string of the molecule is CCCC[C@H]1C(=O)N(C)[C@@H](CCCC)C(=O)N[C@@H](CCCNC(=N)N)C(=O)NC(C(=O)NCC(N)=O)CSCC(=O)N[C@@H](Cc2ccc(O)cc2)C(=O)N(C)[C@@H](C)C(=O)N[C@@H](CC(N)=O)C(=O)N[C@]2(C[C@@H]2CC)C(=O)NC(Cc2cnc[nH]2)C(=O)N[C@@H](CC(C)C)C(=O)N2C[C@H](O)C[C@H]2C(=O)NC(Cc2c[nH]c3ccccc23)C(=O)N[C@@H](CO)C(=O)N[C@@H](Cc2c[nH]c3ccccc23)C(=O)N1C. The lowest BCUT2D eigenvalue weighted by atomic mass is 10.00. The van der Waals surface area contributed by atoms with Gasteiger partial charge in [-0.15, -0.1) is 11.8 Å². The van der Waals surface area contributed by atoms with Crippen LogP contribution in [0.15, 0.2) is 97.7 Å². The molecule has 744 valence electrons. The Bertz CT molecular complexity index is 5300. The number of thioether (sulfide) groups is 1. The van der Waals surface area contributed by atoms with Crippen molar-refractivity contribution < 1.29 is 96.8 Å². The molecule has 17 amide bonds. The number of aromatic nitrogens is 4. The van der Waals surface area contributed by atoms with Crippen LogP contribution < -0.4 is 81.0 Å². The van der Waals surface area contributed by atoms with E-state index in [1.807, 2.05) is 13.8 Å². The number of aliphatic hydroxyl groups is 2. The Hall–Kier alpha value is -13.7. The number of likely N-dealkylation sites (N-methyl/N-ethyl adjacent to an activating group) is 3. The lowest BCUT2D eigenvalue weighted by Gasteiger charge is -2.36. The maximum absolute atomic E-state index is 15.8. The monoisotopic (exact) mass is 1920 g/mol. The normalized spacial score (nSPS) is 25.5. The number of guanidine groups is 1. The highest BCUT2D eigenvalue weighted by Crippen LogP contribution is 2.46. The number of aromatic amines is 3. The number of primary amides is 2. The maximum atomic E-state index is 15.8. The number of phenols is 1. The number of H-pyrrole nitrogens is 3. The molecule has 16 atom stereocenters. The largest absolute Gasteiger partial charge is 0.508 e. The van der Waals surface area contributed by atoms with Gasteiger partial charge in [0.2, 0.25) is 100 Å². The third-order valence-corrected chi connectivity index (χ3v) is 25.9. The number of phenolic OH excluding ortho intramolecular Hbond substituents is 1. The highest BCUT2D eigenvalue weighted by atomic mass is 32.2. The van der Waals surface area contributed by atoms with E-state index in [-0.39, 0.29) is 88.8 Å². The zero-order valence-corrected chi connectivity index (χ0v) is 79.2. The van der Waals surface area contributed by atoms with Crippen LogP contribution in [0.1, 0.15) is 147 Å². The molecule has 2 saturated heterocycles. The lowest BCUT2D eigenvalue weighted by molar-refractivity contribution is -0.149. The summed E-state index contributed by atoms with van der Waals surface area (Å²) in [6, 6.07) is -1.05. The Balaban J connectivity index is 1.11. The molecule has 6 aromatic rings. The molecule has 137 heavy (non-hydrogen) atoms. The Morgan fingerprint density at radius 3 is 1.72 bits per heavy atom. The highest BCUT2D eigenvalue weighted by molar-refractivity contribution is 8.00. The molecule has 2 aliphatic heterocycles. The van der Waals surface area contributed by atoms with Crippen LogP contribution in [-0.2, 0) is 107 Å². The summed E-state index contributed by atoms with van der Waals surface area (Å²) in [6.45, 7) is 7.82. The van der Waals surface area contributed by atoms with E-state index in [9.17, 15) is 53.7 Å². The van der Waals surface area contributed by atoms with Crippen molar-refractivity contribution >= 4 is 140 Å². The van der Waals surface area contributed by atoms with E-state index in [0.717, 1.165) is 31.4 Å². The predicted molar refractivity (Wildman–Crippen MR) is 504 cm³/mol. The first kappa shape index (κ1) is 107. The number of aliphatic hydroxyl groups excluding tert-OH is 2. The Labute approximate surface area is 796 Å². The molecular weight excluding hydrogens is 1790 g/mol. The van der Waals surface area contributed by atoms with Crippen molar-refractivity contribution in [2.45, 2.75) is 241 Å². The van der Waals surface area contributed by atoms with Crippen molar-refractivity contribution in [2.75, 3.05) is 58.9 Å². The summed E-state index contributed by atoms with van der Waals surface area (Å²) in [5.74, 6) is -19.0. The fourth-order valence-corrected chi connectivity index (χ4v) is 17.8. The summed E-state index contributed by atoms with van der Waals surface area (Å²) in [5.41, 5.74) is 17.9. The molecule has 3 unspecified atom stereocenters. The molecule has 1 aliphatic carbocycles. The van der Waals surface area contributed by atoms with Gasteiger partial charge in [-0.25, -0.2) is 4.98 Å². The molecule has 5 heterocycles. The van der Waals surface area contributed by atoms with Crippen molar-refractivity contribution in [3.05, 3.63) is 120 Å². The van der Waals surface area contributed by atoms with Gasteiger partial charge in [-0.1, -0.05) is 115 Å². The summed E-state index contributed by atoms with van der Waals surface area (Å²) in [7, 11) is 3.89. The number of hydrogen-bond donors (Lipinski definition) is 22. The van der Waals surface area contributed by atoms with Crippen LogP contribution in [0.4, 0.5) is 0 Å². The van der Waals surface area contributed by atoms with Gasteiger partial charge >= 0.3 is 0 Å². The lowest BCUT2D eigenvalue weighted by Crippen LogP contribution is -2.62. The van der Waals surface area contributed by atoms with Gasteiger partial charge in [-0.05, 0) is 98.2 Å². The number of amides is 17. The van der Waals surface area contributed by atoms with Crippen LogP contribution in [0.3, 0.4) is 0 Å². The molecule has 1 saturated carbocycles. The number of hydrogen-bond acceptors (Lipinski definition) is 23. The zero-order chi connectivity index (χ0) is 100. The second-order valence-electron chi connectivity index (χ2n) is 35.5. The molecule has 25 N–H and O–H groups in total. The Morgan fingerprint density at radius 1 is 0.577 bits per heavy atom. The van der Waals surface area contributed by atoms with Gasteiger partial charge in [0.1, 0.15) is 89.8 Å². The fraction of sp³-hybridized carbons (Fsp3) is 0.533. The second-order valence-corrected chi connectivity index (χ2v) is 36.6. The first-order chi connectivity index (χ1) is 65.2. The number of nitrogens with zero attached hydrogens (tertiary/aromatic N) is 5. The Morgan fingerprint density at radius 2 is 1.13 bits per heavy atom. The maximum Gasteiger partial charge on any atom is 0.246 e. The highest BCUT2D eigenvalue weighted by Gasteiger charge is 2.61. The van der Waals surface area contributed by atoms with Crippen LogP contribution in [0.2, 0.25) is 0 Å². The number of rotatable bonds is 27. The van der Waals surface area contributed by atoms with Gasteiger partial charge in [0, 0.05) is 118 Å². The van der Waals surface area contributed by atoms with E-state index in [0.29, 0.717) is 69.9 Å². The molecule has 9 rings (SSSR count). The van der Waals surface area contributed by atoms with Gasteiger partial charge in [-0.2, -0.15) is 0 Å². The number of imidazole rings is 1. The van der Waals surface area contributed by atoms with Gasteiger partial charge in [0.05, 0.1) is 37.8 Å². The van der Waals surface area contributed by atoms with Crippen LogP contribution in [0, 0.1) is 17.2 Å². The molecule has 45 heteroatoms. The van der Waals surface area contributed by atoms with E-state index in [4.69, 9.17) is 22.6 Å². The molecule has 3 aliphatic rings. The van der Waals surface area contributed by atoms with E-state index >= 15 is 43.2 Å². The molecule has 0 radical (unpaired) electrons. The number of para-hydroxylation sites is 2. The number of benzene rings is 3. The molecule has 44 nitrogen and oxygen atoms in total. The summed E-state index contributed by atoms with van der Waals surface area (Å²) >= 11 is 0.757. The molecule has 3 fully saturated rings. The molecule has 3 aromatic carbocycles. The van der Waals surface area contributed by atoms with E-state index in [2.05, 4.69) is 83.7 Å². The van der Waals surface area contributed by atoms with Crippen LogP contribution in [-0.4, -0.2) is 310 Å². The number of carbonyl (C=O) groups is 17. The smallest absolute Gasteiger partial charge is 0.246 e. The third-order valence-electron chi connectivity index (χ3n) is 24.8. The van der Waals surface area contributed by atoms with Crippen LogP contribution >= 0.6 is 11.8 Å². The zero-order valence-electron chi connectivity index (χ0n) is 78.4. The van der Waals surface area contributed by atoms with Crippen molar-refractivity contribution in [3.8, 4) is 5.75 Å². The quantitative estimate of drug-likeness (QED) is 0.0142. The van der Waals surface area contributed by atoms with Gasteiger partial charge in [0.25, 0.3) is 0 Å². The molecule has 3 aromatic heterocycles. The number of nitrogens with two attached hydrogens (primary N) is 3. The first-order valence-electron chi connectivity index (χ1n) is 46.0. The predicted octanol–water partition coefficient (Wildman–Crippen LogP) is -2.63. The van der Waals surface area contributed by atoms with Crippen molar-refractivity contribution in [1.82, 2.24) is 103 Å². The standard InChI is InChI=1S/C92H130N24O20S/c1-10-13-25-71-84(130)104-62(24-19-31-98-91(95)96)79(125)110-70(78(124)101-43-75(94)121)46-137-47-76(122)103-67(33-51-27-29-56(118)30-28-51)86(132)113(7)50(6)77(123)105-65(38-74(93)120)83(129)112-92(39-54(92)12-3)90(136)111-64(36-55-42-97-48-102-55)81(127)107-66(32-49(4)5)88(134)116-44-57(119)37-73(116)85(131)106-63(34-52-40-99-60-22-17-15-20-58(52)60)80(126)109-69(45-117)82(128)108-68(35-53-41-100-61-23-18-16-21-59(53)61)87(133)115(9)72(26-14-11-2)89(135)114(71)8/h15-18,20-23,27-30,40-42,48-50,54,57,62-73,99-100,117-119H,10-14,19,24-26,31-39,43-47H2,1-9H3,(H2,93,120)(H2,94,121)(H,97,102)(H,101,124)(H,103,122)(H,104,130)(H,105,123)(H,106,131)(H,107,127)(H,108,128)(H,109,126)(H,110,125)(H,111,136)(H,112,129)(H4,95,96,98)/t50-,54-,57+,62-,63?,64?,65-,66-,67-,68-,69-,70?,71-,72-,73-,92-/m0/s1. The average Bonchev–Trinajstić information content (AvgIpc) is 1.58. The number of fused-ring (bicyclic) bond motifs is 3. The number of nitrogens with one attached hydrogen (secondary N) is 16. The average molecular weight is 1920 g/mol. The van der Waals surface area contributed by atoms with E-state index < -0.39 is 247 Å². The van der Waals surface area contributed by atoms with E-state index in [1.165, 1.54) is 64.9 Å². The molecule has 0 bridgehead atoms. The van der Waals surface area contributed by atoms with Crippen LogP contribution in [0.5, 0.6) is 5.75 Å². The summed E-state index contributed by atoms with van der Waals surface area (Å²) < 4.78 is 0. The van der Waals surface area contributed by atoms with Crippen molar-refractivity contribution in [1.29, 1.82) is 5.41 Å². The van der Waals surface area contributed by atoms with Crippen LogP contribution in [0.25, 0.3) is 21.8 Å². The third kappa shape index (κ3) is 29.4. The topological polar surface area (TPSA) is 670 Å². The minimum absolute atomic E-state index is 0.0143.